The Bertz CT molecular complexity index is 583. The Balaban J connectivity index is 1.56. The van der Waals surface area contributed by atoms with Crippen LogP contribution < -0.4 is 0 Å². The zero-order valence-corrected chi connectivity index (χ0v) is 13.1. The van der Waals surface area contributed by atoms with Crippen LogP contribution in [0.5, 0.6) is 0 Å². The standard InChI is InChI=1S/C18H22FNO3/c19-18(17(22)23)10-11-20(12-18)16(21)15-8-6-14(7-9-15)13-4-2-1-3-5-13/h1-5,14-15H,6-12H2,(H,22,23). The molecule has 124 valence electrons. The molecule has 23 heavy (non-hydrogen) atoms. The highest BCUT2D eigenvalue weighted by atomic mass is 19.1. The van der Waals surface area contributed by atoms with Gasteiger partial charge in [0.05, 0.1) is 6.54 Å². The molecule has 1 aliphatic heterocycles. The minimum absolute atomic E-state index is 0.0720. The molecule has 1 atom stereocenters. The zero-order valence-electron chi connectivity index (χ0n) is 13.1. The van der Waals surface area contributed by atoms with E-state index in [1.54, 1.807) is 0 Å². The summed E-state index contributed by atoms with van der Waals surface area (Å²) in [5.41, 5.74) is -0.954. The van der Waals surface area contributed by atoms with Gasteiger partial charge in [-0.1, -0.05) is 30.3 Å². The number of halogens is 1. The largest absolute Gasteiger partial charge is 0.479 e. The van der Waals surface area contributed by atoms with E-state index in [2.05, 4.69) is 12.1 Å². The summed E-state index contributed by atoms with van der Waals surface area (Å²) in [6.07, 6.45) is 3.39. The summed E-state index contributed by atoms with van der Waals surface area (Å²) in [7, 11) is 0. The first-order valence-corrected chi connectivity index (χ1v) is 8.26. The summed E-state index contributed by atoms with van der Waals surface area (Å²) in [5, 5.41) is 8.93. The fraction of sp³-hybridized carbons (Fsp3) is 0.556. The lowest BCUT2D eigenvalue weighted by atomic mass is 9.78. The van der Waals surface area contributed by atoms with Crippen LogP contribution in [0.2, 0.25) is 0 Å². The van der Waals surface area contributed by atoms with Gasteiger partial charge in [-0.2, -0.15) is 0 Å². The van der Waals surface area contributed by atoms with Gasteiger partial charge in [0, 0.05) is 18.9 Å². The second-order valence-corrected chi connectivity index (χ2v) is 6.74. The van der Waals surface area contributed by atoms with Crippen LogP contribution in [0.25, 0.3) is 0 Å². The smallest absolute Gasteiger partial charge is 0.343 e. The Morgan fingerprint density at radius 2 is 1.78 bits per heavy atom. The lowest BCUT2D eigenvalue weighted by Crippen LogP contribution is -2.41. The number of carboxylic acid groups (broad SMARTS) is 1. The van der Waals surface area contributed by atoms with E-state index in [4.69, 9.17) is 5.11 Å². The summed E-state index contributed by atoms with van der Waals surface area (Å²) in [5.74, 6) is -1.14. The number of amides is 1. The molecule has 2 aliphatic rings. The van der Waals surface area contributed by atoms with Crippen molar-refractivity contribution < 1.29 is 19.1 Å². The summed E-state index contributed by atoms with van der Waals surface area (Å²) < 4.78 is 14.1. The maximum atomic E-state index is 14.1. The number of hydrogen-bond donors (Lipinski definition) is 1. The summed E-state index contributed by atoms with van der Waals surface area (Å²) in [6, 6.07) is 10.3. The predicted octanol–water partition coefficient (Wildman–Crippen LogP) is 2.99. The van der Waals surface area contributed by atoms with Crippen LogP contribution in [-0.2, 0) is 9.59 Å². The van der Waals surface area contributed by atoms with Crippen LogP contribution in [0.1, 0.15) is 43.6 Å². The number of hydrogen-bond acceptors (Lipinski definition) is 2. The van der Waals surface area contributed by atoms with Gasteiger partial charge in [0.15, 0.2) is 0 Å². The van der Waals surface area contributed by atoms with Crippen molar-refractivity contribution in [3.63, 3.8) is 0 Å². The first kappa shape index (κ1) is 16.0. The van der Waals surface area contributed by atoms with Crippen molar-refractivity contribution in [3.8, 4) is 0 Å². The van der Waals surface area contributed by atoms with Gasteiger partial charge in [-0.15, -0.1) is 0 Å². The van der Waals surface area contributed by atoms with E-state index < -0.39 is 11.6 Å². The second-order valence-electron chi connectivity index (χ2n) is 6.74. The maximum Gasteiger partial charge on any atom is 0.343 e. The van der Waals surface area contributed by atoms with Crippen molar-refractivity contribution >= 4 is 11.9 Å². The molecule has 0 bridgehead atoms. The summed E-state index contributed by atoms with van der Waals surface area (Å²) in [6.45, 7) is -0.0972. The lowest BCUT2D eigenvalue weighted by Gasteiger charge is -2.30. The number of likely N-dealkylation sites (tertiary alicyclic amines) is 1. The molecule has 1 N–H and O–H groups in total. The molecule has 4 nitrogen and oxygen atoms in total. The van der Waals surface area contributed by atoms with Crippen molar-refractivity contribution in [2.75, 3.05) is 13.1 Å². The Hall–Kier alpha value is -1.91. The molecule has 5 heteroatoms. The van der Waals surface area contributed by atoms with Crippen molar-refractivity contribution in [2.24, 2.45) is 5.92 Å². The number of nitrogens with zero attached hydrogens (tertiary/aromatic N) is 1. The highest BCUT2D eigenvalue weighted by Crippen LogP contribution is 2.37. The highest BCUT2D eigenvalue weighted by Gasteiger charge is 2.47. The third-order valence-corrected chi connectivity index (χ3v) is 5.26. The maximum absolute atomic E-state index is 14.1. The molecule has 3 rings (SSSR count). The molecule has 1 saturated heterocycles. The Labute approximate surface area is 135 Å². The molecule has 2 fully saturated rings. The number of aliphatic carboxylic acids is 1. The summed E-state index contributed by atoms with van der Waals surface area (Å²) >= 11 is 0. The van der Waals surface area contributed by atoms with Gasteiger partial charge in [0.1, 0.15) is 0 Å². The highest BCUT2D eigenvalue weighted by molar-refractivity contribution is 5.83. The van der Waals surface area contributed by atoms with Crippen LogP contribution in [-0.4, -0.2) is 40.6 Å². The molecule has 0 aromatic heterocycles. The van der Waals surface area contributed by atoms with Crippen molar-refractivity contribution in [3.05, 3.63) is 35.9 Å². The van der Waals surface area contributed by atoms with Crippen molar-refractivity contribution in [1.29, 1.82) is 0 Å². The number of rotatable bonds is 3. The lowest BCUT2D eigenvalue weighted by molar-refractivity contribution is -0.150. The predicted molar refractivity (Wildman–Crippen MR) is 83.8 cm³/mol. The van der Waals surface area contributed by atoms with Crippen molar-refractivity contribution in [1.82, 2.24) is 4.90 Å². The van der Waals surface area contributed by atoms with E-state index in [9.17, 15) is 14.0 Å². The van der Waals surface area contributed by atoms with Gasteiger partial charge < -0.3 is 10.0 Å². The minimum Gasteiger partial charge on any atom is -0.479 e. The topological polar surface area (TPSA) is 57.6 Å². The van der Waals surface area contributed by atoms with Gasteiger partial charge >= 0.3 is 5.97 Å². The Morgan fingerprint density at radius 1 is 1.13 bits per heavy atom. The van der Waals surface area contributed by atoms with Crippen LogP contribution >= 0.6 is 0 Å². The van der Waals surface area contributed by atoms with Gasteiger partial charge in [0.2, 0.25) is 11.6 Å². The summed E-state index contributed by atoms with van der Waals surface area (Å²) in [4.78, 5) is 24.9. The van der Waals surface area contributed by atoms with E-state index in [0.29, 0.717) is 5.92 Å². The number of alkyl halides is 1. The molecule has 1 saturated carbocycles. The van der Waals surface area contributed by atoms with Gasteiger partial charge in [-0.25, -0.2) is 9.18 Å². The SMILES string of the molecule is O=C(C1CCC(c2ccccc2)CC1)N1CCC(F)(C(=O)O)C1. The molecule has 0 spiro atoms. The van der Waals surface area contributed by atoms with E-state index >= 15 is 0 Å². The first-order valence-electron chi connectivity index (χ1n) is 8.26. The molecule has 1 heterocycles. The Morgan fingerprint density at radius 3 is 2.35 bits per heavy atom. The normalized spacial score (nSPS) is 31.1. The molecule has 1 amide bonds. The molecular formula is C18H22FNO3. The molecule has 1 aromatic carbocycles. The van der Waals surface area contributed by atoms with Crippen LogP contribution in [0, 0.1) is 5.92 Å². The molecular weight excluding hydrogens is 297 g/mol. The Kier molecular flexibility index (Phi) is 4.37. The van der Waals surface area contributed by atoms with Crippen LogP contribution in [0.15, 0.2) is 30.3 Å². The number of carbonyl (C=O) groups excluding carboxylic acids is 1. The fourth-order valence-corrected chi connectivity index (χ4v) is 3.79. The quantitative estimate of drug-likeness (QED) is 0.932. The first-order chi connectivity index (χ1) is 11.0. The average molecular weight is 319 g/mol. The molecule has 1 aromatic rings. The molecule has 1 unspecified atom stereocenters. The van der Waals surface area contributed by atoms with Crippen molar-refractivity contribution in [2.45, 2.75) is 43.7 Å². The van der Waals surface area contributed by atoms with Crippen LogP contribution in [0.4, 0.5) is 4.39 Å². The second kappa shape index (κ2) is 6.30. The number of carbonyl (C=O) groups is 2. The van der Waals surface area contributed by atoms with E-state index in [0.717, 1.165) is 25.7 Å². The van der Waals surface area contributed by atoms with Gasteiger partial charge in [-0.3, -0.25) is 4.79 Å². The third-order valence-electron chi connectivity index (χ3n) is 5.26. The van der Waals surface area contributed by atoms with Crippen LogP contribution in [0.3, 0.4) is 0 Å². The third kappa shape index (κ3) is 3.23. The zero-order chi connectivity index (χ0) is 16.4. The van der Waals surface area contributed by atoms with Gasteiger partial charge in [-0.05, 0) is 37.2 Å². The van der Waals surface area contributed by atoms with E-state index in [1.165, 1.54) is 10.5 Å². The molecule has 0 radical (unpaired) electrons. The number of carboxylic acids is 1. The monoisotopic (exact) mass is 319 g/mol. The van der Waals surface area contributed by atoms with E-state index in [-0.39, 0.29) is 31.3 Å². The van der Waals surface area contributed by atoms with E-state index in [1.807, 2.05) is 18.2 Å². The molecule has 1 aliphatic carbocycles. The number of benzene rings is 1. The fourth-order valence-electron chi connectivity index (χ4n) is 3.79. The van der Waals surface area contributed by atoms with Gasteiger partial charge in [0.25, 0.3) is 0 Å². The average Bonchev–Trinajstić information content (AvgIpc) is 2.99. The minimum atomic E-state index is -2.27.